The van der Waals surface area contributed by atoms with E-state index in [2.05, 4.69) is 41.2 Å². The summed E-state index contributed by atoms with van der Waals surface area (Å²) in [4.78, 5) is 38.0. The summed E-state index contributed by atoms with van der Waals surface area (Å²) in [7, 11) is 1.29. The number of carbonyl (C=O) groups excluding carboxylic acids is 2. The molecule has 1 N–H and O–H groups in total. The van der Waals surface area contributed by atoms with E-state index in [4.69, 9.17) is 4.52 Å². The Labute approximate surface area is 177 Å². The Hall–Kier alpha value is -3.61. The highest BCUT2D eigenvalue weighted by Crippen LogP contribution is 2.27. The molecule has 1 aromatic carbocycles. The summed E-state index contributed by atoms with van der Waals surface area (Å²) >= 11 is 3.12. The van der Waals surface area contributed by atoms with Gasteiger partial charge in [0.15, 0.2) is 5.82 Å². The first-order valence-corrected chi connectivity index (χ1v) is 9.24. The standard InChI is InChI=1S/C17H15BrN6O6/c1-9-13(18)14(24(27)28)21-23(9)8-12-20-16(30-22-12)15(25)19-7-10-3-5-11(6-4-10)17(26)29-2/h3-6H,7-8H2,1-2H3,(H,19,25). The maximum atomic E-state index is 12.2. The number of nitrogens with one attached hydrogen (secondary N) is 1. The van der Waals surface area contributed by atoms with Crippen LogP contribution in [-0.4, -0.2) is 43.8 Å². The molecule has 156 valence electrons. The first kappa shape index (κ1) is 21.1. The lowest BCUT2D eigenvalue weighted by Gasteiger charge is -2.04. The van der Waals surface area contributed by atoms with E-state index in [-0.39, 0.29) is 35.1 Å². The summed E-state index contributed by atoms with van der Waals surface area (Å²) in [6.45, 7) is 1.81. The van der Waals surface area contributed by atoms with Crippen molar-refractivity contribution in [1.82, 2.24) is 25.2 Å². The molecular weight excluding hydrogens is 464 g/mol. The van der Waals surface area contributed by atoms with Crippen LogP contribution in [0.25, 0.3) is 0 Å². The molecule has 0 saturated heterocycles. The number of carbonyl (C=O) groups is 2. The van der Waals surface area contributed by atoms with E-state index < -0.39 is 16.8 Å². The average Bonchev–Trinajstić information content (AvgIpc) is 3.32. The van der Waals surface area contributed by atoms with Crippen LogP contribution in [-0.2, 0) is 17.8 Å². The minimum atomic E-state index is -0.611. The number of benzene rings is 1. The summed E-state index contributed by atoms with van der Waals surface area (Å²) in [6.07, 6.45) is 0. The summed E-state index contributed by atoms with van der Waals surface area (Å²) < 4.78 is 11.2. The molecule has 0 aliphatic rings. The van der Waals surface area contributed by atoms with E-state index in [9.17, 15) is 19.7 Å². The molecule has 0 radical (unpaired) electrons. The Morgan fingerprint density at radius 3 is 2.63 bits per heavy atom. The van der Waals surface area contributed by atoms with Gasteiger partial charge in [0.25, 0.3) is 0 Å². The number of rotatable bonds is 7. The van der Waals surface area contributed by atoms with E-state index >= 15 is 0 Å². The van der Waals surface area contributed by atoms with Crippen molar-refractivity contribution in [3.05, 3.63) is 67.4 Å². The number of aromatic nitrogens is 4. The lowest BCUT2D eigenvalue weighted by molar-refractivity contribution is -0.390. The molecule has 0 bridgehead atoms. The third-order valence-corrected chi connectivity index (χ3v) is 5.00. The van der Waals surface area contributed by atoms with Crippen LogP contribution < -0.4 is 5.32 Å². The van der Waals surface area contributed by atoms with Gasteiger partial charge in [0.05, 0.1) is 23.5 Å². The fourth-order valence-corrected chi connectivity index (χ4v) is 2.89. The maximum absolute atomic E-state index is 12.2. The molecule has 0 saturated carbocycles. The molecule has 30 heavy (non-hydrogen) atoms. The van der Waals surface area contributed by atoms with Crippen molar-refractivity contribution < 1.29 is 23.8 Å². The van der Waals surface area contributed by atoms with Crippen LogP contribution in [0.15, 0.2) is 33.3 Å². The van der Waals surface area contributed by atoms with Gasteiger partial charge in [-0.2, -0.15) is 9.67 Å². The average molecular weight is 479 g/mol. The molecule has 0 unspecified atom stereocenters. The zero-order chi connectivity index (χ0) is 21.8. The van der Waals surface area contributed by atoms with Crippen LogP contribution >= 0.6 is 15.9 Å². The minimum absolute atomic E-state index is 0.00988. The summed E-state index contributed by atoms with van der Waals surface area (Å²) in [5.41, 5.74) is 1.66. The number of hydrogen-bond acceptors (Lipinski definition) is 9. The fourth-order valence-electron chi connectivity index (χ4n) is 2.46. The Kier molecular flexibility index (Phi) is 6.20. The molecule has 2 heterocycles. The molecule has 0 spiro atoms. The number of hydrogen-bond donors (Lipinski definition) is 1. The Bertz CT molecular complexity index is 1110. The highest BCUT2D eigenvalue weighted by molar-refractivity contribution is 9.10. The lowest BCUT2D eigenvalue weighted by atomic mass is 10.1. The molecule has 0 aliphatic carbocycles. The third-order valence-electron chi connectivity index (χ3n) is 4.07. The van der Waals surface area contributed by atoms with Crippen molar-refractivity contribution in [3.8, 4) is 0 Å². The predicted molar refractivity (Wildman–Crippen MR) is 104 cm³/mol. The fraction of sp³-hybridized carbons (Fsp3) is 0.235. The van der Waals surface area contributed by atoms with Gasteiger partial charge in [-0.05, 0) is 45.5 Å². The molecule has 0 aliphatic heterocycles. The highest BCUT2D eigenvalue weighted by Gasteiger charge is 2.25. The normalized spacial score (nSPS) is 10.6. The number of ether oxygens (including phenoxy) is 1. The Balaban J connectivity index is 1.62. The van der Waals surface area contributed by atoms with Crippen molar-refractivity contribution >= 4 is 33.6 Å². The second-order valence-electron chi connectivity index (χ2n) is 6.02. The van der Waals surface area contributed by atoms with Crippen LogP contribution in [0.2, 0.25) is 0 Å². The monoisotopic (exact) mass is 478 g/mol. The topological polar surface area (TPSA) is 155 Å². The molecule has 3 aromatic rings. The SMILES string of the molecule is COC(=O)c1ccc(CNC(=O)c2nc(Cn3nc([N+](=O)[O-])c(Br)c3C)no2)cc1. The van der Waals surface area contributed by atoms with Crippen molar-refractivity contribution in [3.63, 3.8) is 0 Å². The molecule has 0 fully saturated rings. The van der Waals surface area contributed by atoms with Crippen LogP contribution in [0.1, 0.15) is 38.1 Å². The number of nitro groups is 1. The van der Waals surface area contributed by atoms with E-state index in [1.54, 1.807) is 31.2 Å². The molecule has 2 aromatic heterocycles. The van der Waals surface area contributed by atoms with Crippen molar-refractivity contribution in [2.75, 3.05) is 7.11 Å². The van der Waals surface area contributed by atoms with E-state index in [0.717, 1.165) is 5.56 Å². The van der Waals surface area contributed by atoms with Gasteiger partial charge >= 0.3 is 23.6 Å². The smallest absolute Gasteiger partial charge is 0.404 e. The summed E-state index contributed by atoms with van der Waals surface area (Å²) in [5, 5.41) is 21.2. The highest BCUT2D eigenvalue weighted by atomic mass is 79.9. The quantitative estimate of drug-likeness (QED) is 0.304. The second-order valence-corrected chi connectivity index (χ2v) is 6.82. The van der Waals surface area contributed by atoms with E-state index in [1.807, 2.05) is 0 Å². The van der Waals surface area contributed by atoms with Gasteiger partial charge in [-0.25, -0.2) is 4.79 Å². The van der Waals surface area contributed by atoms with Crippen LogP contribution in [0.3, 0.4) is 0 Å². The third kappa shape index (κ3) is 4.51. The first-order valence-electron chi connectivity index (χ1n) is 8.45. The maximum Gasteiger partial charge on any atom is 0.404 e. The minimum Gasteiger partial charge on any atom is -0.465 e. The van der Waals surface area contributed by atoms with Crippen molar-refractivity contribution in [1.29, 1.82) is 0 Å². The van der Waals surface area contributed by atoms with Gasteiger partial charge in [0, 0.05) is 6.54 Å². The number of amides is 1. The van der Waals surface area contributed by atoms with Crippen LogP contribution in [0.4, 0.5) is 5.82 Å². The van der Waals surface area contributed by atoms with Gasteiger partial charge in [-0.3, -0.25) is 4.79 Å². The second kappa shape index (κ2) is 8.82. The van der Waals surface area contributed by atoms with Gasteiger partial charge in [0.1, 0.15) is 11.0 Å². The van der Waals surface area contributed by atoms with E-state index in [0.29, 0.717) is 11.3 Å². The molecule has 3 rings (SSSR count). The van der Waals surface area contributed by atoms with Crippen molar-refractivity contribution in [2.24, 2.45) is 0 Å². The predicted octanol–water partition coefficient (Wildman–Crippen LogP) is 2.01. The molecular formula is C17H15BrN6O6. The number of halogens is 1. The van der Waals surface area contributed by atoms with Crippen LogP contribution in [0, 0.1) is 17.0 Å². The van der Waals surface area contributed by atoms with Gasteiger partial charge < -0.3 is 24.7 Å². The number of methoxy groups -OCH3 is 1. The zero-order valence-electron chi connectivity index (χ0n) is 15.8. The first-order chi connectivity index (χ1) is 14.3. The molecule has 12 nitrogen and oxygen atoms in total. The molecule has 1 amide bonds. The molecule has 13 heteroatoms. The van der Waals surface area contributed by atoms with Crippen molar-refractivity contribution in [2.45, 2.75) is 20.0 Å². The van der Waals surface area contributed by atoms with Gasteiger partial charge in [-0.1, -0.05) is 17.3 Å². The Morgan fingerprint density at radius 2 is 2.03 bits per heavy atom. The van der Waals surface area contributed by atoms with Gasteiger partial charge in [-0.15, -0.1) is 0 Å². The Morgan fingerprint density at radius 1 is 1.33 bits per heavy atom. The zero-order valence-corrected chi connectivity index (χ0v) is 17.4. The number of esters is 1. The summed E-state index contributed by atoms with van der Waals surface area (Å²) in [6, 6.07) is 6.53. The summed E-state index contributed by atoms with van der Waals surface area (Å²) in [5.74, 6) is -1.48. The van der Waals surface area contributed by atoms with E-state index in [1.165, 1.54) is 11.8 Å². The number of nitrogens with zero attached hydrogens (tertiary/aromatic N) is 5. The molecule has 0 atom stereocenters. The largest absolute Gasteiger partial charge is 0.465 e. The van der Waals surface area contributed by atoms with Gasteiger partial charge in [0.2, 0.25) is 0 Å². The van der Waals surface area contributed by atoms with Crippen LogP contribution in [0.5, 0.6) is 0 Å². The lowest BCUT2D eigenvalue weighted by Crippen LogP contribution is -2.23.